The Balaban J connectivity index is 1.85. The van der Waals surface area contributed by atoms with Gasteiger partial charge in [0.2, 0.25) is 0 Å². The highest BCUT2D eigenvalue weighted by molar-refractivity contribution is 5.89. The molecule has 0 heterocycles. The van der Waals surface area contributed by atoms with Crippen molar-refractivity contribution in [2.75, 3.05) is 6.61 Å². The first-order valence-electron chi connectivity index (χ1n) is 8.26. The fourth-order valence-corrected chi connectivity index (χ4v) is 2.98. The van der Waals surface area contributed by atoms with Crippen molar-refractivity contribution in [2.45, 2.75) is 13.3 Å². The predicted molar refractivity (Wildman–Crippen MR) is 104 cm³/mol. The molecule has 0 spiro atoms. The van der Waals surface area contributed by atoms with E-state index in [0.29, 0.717) is 6.61 Å². The Hall–Kier alpha value is -2.80. The second kappa shape index (κ2) is 7.65. The highest BCUT2D eigenvalue weighted by Crippen LogP contribution is 2.32. The lowest BCUT2D eigenvalue weighted by Crippen LogP contribution is -2.01. The Kier molecular flexibility index (Phi) is 5.12. The molecule has 120 valence electrons. The van der Waals surface area contributed by atoms with Crippen LogP contribution in [0.15, 0.2) is 79.4 Å². The summed E-state index contributed by atoms with van der Waals surface area (Å²) in [5, 5.41) is 2.49. The van der Waals surface area contributed by atoms with Crippen molar-refractivity contribution in [1.29, 1.82) is 0 Å². The molecule has 3 aromatic carbocycles. The maximum absolute atomic E-state index is 6.12. The molecule has 0 radical (unpaired) electrons. The summed E-state index contributed by atoms with van der Waals surface area (Å²) in [5.41, 5.74) is 3.56. The zero-order valence-corrected chi connectivity index (χ0v) is 14.0. The average Bonchev–Trinajstić information content (AvgIpc) is 2.61. The van der Waals surface area contributed by atoms with Crippen LogP contribution in [0.1, 0.15) is 16.7 Å². The first-order chi connectivity index (χ1) is 11.8. The highest BCUT2D eigenvalue weighted by atomic mass is 16.5. The van der Waals surface area contributed by atoms with E-state index in [2.05, 4.69) is 68.1 Å². The molecule has 0 aliphatic rings. The third-order valence-corrected chi connectivity index (χ3v) is 4.07. The summed E-state index contributed by atoms with van der Waals surface area (Å²) in [6.45, 7) is 6.56. The van der Waals surface area contributed by atoms with Crippen LogP contribution in [0.3, 0.4) is 0 Å². The van der Waals surface area contributed by atoms with Crippen molar-refractivity contribution < 1.29 is 4.74 Å². The van der Waals surface area contributed by atoms with Gasteiger partial charge in [0.25, 0.3) is 0 Å². The molecule has 24 heavy (non-hydrogen) atoms. The van der Waals surface area contributed by atoms with Gasteiger partial charge in [0.15, 0.2) is 0 Å². The third-order valence-electron chi connectivity index (χ3n) is 4.07. The normalized spacial score (nSPS) is 11.0. The Labute approximate surface area is 143 Å². The van der Waals surface area contributed by atoms with Crippen LogP contribution in [0.5, 0.6) is 5.75 Å². The summed E-state index contributed by atoms with van der Waals surface area (Å²) in [4.78, 5) is 0. The second-order valence-electron chi connectivity index (χ2n) is 5.84. The quantitative estimate of drug-likeness (QED) is 0.509. The molecule has 0 bridgehead atoms. The first kappa shape index (κ1) is 16.1. The third kappa shape index (κ3) is 3.57. The van der Waals surface area contributed by atoms with Gasteiger partial charge in [-0.15, -0.1) is 6.58 Å². The minimum absolute atomic E-state index is 0.554. The van der Waals surface area contributed by atoms with Gasteiger partial charge in [-0.3, -0.25) is 0 Å². The maximum atomic E-state index is 6.12. The molecular weight excluding hydrogens is 292 g/mol. The number of benzene rings is 3. The van der Waals surface area contributed by atoms with E-state index in [9.17, 15) is 0 Å². The summed E-state index contributed by atoms with van der Waals surface area (Å²) < 4.78 is 6.12. The van der Waals surface area contributed by atoms with Crippen molar-refractivity contribution in [2.24, 2.45) is 0 Å². The largest absolute Gasteiger partial charge is 0.489 e. The van der Waals surface area contributed by atoms with Crippen LogP contribution in [0.25, 0.3) is 16.8 Å². The zero-order valence-electron chi connectivity index (χ0n) is 14.0. The molecule has 0 atom stereocenters. The standard InChI is InChI=1S/C23H22O/c1-3-10-22-21-15-8-7-14-20(21)17-18(2)23(22)24-16-9-13-19-11-5-4-6-12-19/h3-9,11-15,17H,1,10,16H2,2H3/b13-9+. The van der Waals surface area contributed by atoms with Gasteiger partial charge in [-0.1, -0.05) is 66.7 Å². The molecule has 0 amide bonds. The number of ether oxygens (including phenoxy) is 1. The van der Waals surface area contributed by atoms with Crippen molar-refractivity contribution in [3.63, 3.8) is 0 Å². The van der Waals surface area contributed by atoms with E-state index in [4.69, 9.17) is 4.74 Å². The lowest BCUT2D eigenvalue weighted by atomic mass is 9.98. The monoisotopic (exact) mass is 314 g/mol. The van der Waals surface area contributed by atoms with E-state index < -0.39 is 0 Å². The Morgan fingerprint density at radius 3 is 2.54 bits per heavy atom. The van der Waals surface area contributed by atoms with Gasteiger partial charge < -0.3 is 4.74 Å². The van der Waals surface area contributed by atoms with Gasteiger partial charge in [0, 0.05) is 5.56 Å². The summed E-state index contributed by atoms with van der Waals surface area (Å²) in [6, 6.07) is 20.9. The van der Waals surface area contributed by atoms with Crippen molar-refractivity contribution >= 4 is 16.8 Å². The second-order valence-corrected chi connectivity index (χ2v) is 5.84. The van der Waals surface area contributed by atoms with E-state index >= 15 is 0 Å². The Bertz CT molecular complexity index is 860. The van der Waals surface area contributed by atoms with Crippen LogP contribution < -0.4 is 4.74 Å². The highest BCUT2D eigenvalue weighted by Gasteiger charge is 2.11. The molecule has 0 aliphatic heterocycles. The fraction of sp³-hybridized carbons (Fsp3) is 0.130. The lowest BCUT2D eigenvalue weighted by Gasteiger charge is -2.15. The van der Waals surface area contributed by atoms with Crippen molar-refractivity contribution in [3.8, 4) is 5.75 Å². The van der Waals surface area contributed by atoms with E-state index in [1.807, 2.05) is 24.3 Å². The van der Waals surface area contributed by atoms with Crippen LogP contribution in [-0.2, 0) is 6.42 Å². The molecule has 0 saturated carbocycles. The summed E-state index contributed by atoms with van der Waals surface area (Å²) >= 11 is 0. The maximum Gasteiger partial charge on any atom is 0.126 e. The first-order valence-corrected chi connectivity index (χ1v) is 8.26. The van der Waals surface area contributed by atoms with Crippen LogP contribution in [0.4, 0.5) is 0 Å². The van der Waals surface area contributed by atoms with Gasteiger partial charge in [0.1, 0.15) is 12.4 Å². The molecule has 0 unspecified atom stereocenters. The number of hydrogen-bond donors (Lipinski definition) is 0. The molecule has 0 fully saturated rings. The number of fused-ring (bicyclic) bond motifs is 1. The average molecular weight is 314 g/mol. The minimum Gasteiger partial charge on any atom is -0.489 e. The Morgan fingerprint density at radius 2 is 1.75 bits per heavy atom. The molecule has 0 saturated heterocycles. The fourth-order valence-electron chi connectivity index (χ4n) is 2.98. The van der Waals surface area contributed by atoms with Crippen LogP contribution in [-0.4, -0.2) is 6.61 Å². The zero-order chi connectivity index (χ0) is 16.8. The molecule has 0 aliphatic carbocycles. The van der Waals surface area contributed by atoms with Gasteiger partial charge in [-0.2, -0.15) is 0 Å². The number of allylic oxidation sites excluding steroid dienone is 1. The topological polar surface area (TPSA) is 9.23 Å². The molecule has 3 aromatic rings. The van der Waals surface area contributed by atoms with E-state index in [1.165, 1.54) is 27.5 Å². The number of aryl methyl sites for hydroxylation is 1. The van der Waals surface area contributed by atoms with Gasteiger partial charge in [-0.05, 0) is 47.4 Å². The summed E-state index contributed by atoms with van der Waals surface area (Å²) in [6.07, 6.45) is 6.89. The molecule has 3 rings (SSSR count). The van der Waals surface area contributed by atoms with E-state index in [-0.39, 0.29) is 0 Å². The van der Waals surface area contributed by atoms with Gasteiger partial charge in [-0.25, -0.2) is 0 Å². The van der Waals surface area contributed by atoms with Crippen LogP contribution in [0.2, 0.25) is 0 Å². The predicted octanol–water partition coefficient (Wildman–Crippen LogP) is 5.97. The van der Waals surface area contributed by atoms with Crippen LogP contribution >= 0.6 is 0 Å². The molecule has 1 heteroatoms. The Morgan fingerprint density at radius 1 is 1.00 bits per heavy atom. The van der Waals surface area contributed by atoms with Gasteiger partial charge in [0.05, 0.1) is 0 Å². The molecule has 1 nitrogen and oxygen atoms in total. The number of hydrogen-bond acceptors (Lipinski definition) is 1. The molecule has 0 aromatic heterocycles. The van der Waals surface area contributed by atoms with Crippen LogP contribution in [0, 0.1) is 6.92 Å². The number of rotatable bonds is 6. The summed E-state index contributed by atoms with van der Waals surface area (Å²) in [5.74, 6) is 0.978. The minimum atomic E-state index is 0.554. The smallest absolute Gasteiger partial charge is 0.126 e. The molecule has 0 N–H and O–H groups in total. The SMILES string of the molecule is C=CCc1c(OC/C=C/c2ccccc2)c(C)cc2ccccc12. The van der Waals surface area contributed by atoms with E-state index in [0.717, 1.165) is 12.2 Å². The lowest BCUT2D eigenvalue weighted by molar-refractivity contribution is 0.358. The van der Waals surface area contributed by atoms with E-state index in [1.54, 1.807) is 0 Å². The van der Waals surface area contributed by atoms with Crippen molar-refractivity contribution in [3.05, 3.63) is 96.1 Å². The van der Waals surface area contributed by atoms with Gasteiger partial charge >= 0.3 is 0 Å². The molecular formula is C23H22O. The summed E-state index contributed by atoms with van der Waals surface area (Å²) in [7, 11) is 0. The van der Waals surface area contributed by atoms with Crippen molar-refractivity contribution in [1.82, 2.24) is 0 Å².